The predicted octanol–water partition coefficient (Wildman–Crippen LogP) is 2.01. The summed E-state index contributed by atoms with van der Waals surface area (Å²) in [6, 6.07) is 0.00526. The minimum atomic E-state index is 0.00526. The highest BCUT2D eigenvalue weighted by Gasteiger charge is 2.12. The quantitative estimate of drug-likeness (QED) is 0.732. The molecule has 96 valence electrons. The van der Waals surface area contributed by atoms with Gasteiger partial charge >= 0.3 is 0 Å². The first-order valence-electron chi connectivity index (χ1n) is 6.11. The van der Waals surface area contributed by atoms with Crippen molar-refractivity contribution in [3.63, 3.8) is 0 Å². The summed E-state index contributed by atoms with van der Waals surface area (Å²) < 4.78 is 0. The molecule has 0 aromatic carbocycles. The number of nitrogens with one attached hydrogen (secondary N) is 1. The fraction of sp³-hybridized carbons (Fsp3) is 0.667. The Kier molecular flexibility index (Phi) is 6.15. The van der Waals surface area contributed by atoms with E-state index in [-0.39, 0.29) is 11.9 Å². The van der Waals surface area contributed by atoms with Crippen molar-refractivity contribution in [1.82, 2.24) is 10.3 Å². The lowest BCUT2D eigenvalue weighted by atomic mass is 10.2. The van der Waals surface area contributed by atoms with E-state index < -0.39 is 0 Å². The van der Waals surface area contributed by atoms with Crippen molar-refractivity contribution in [1.29, 1.82) is 0 Å². The molecule has 0 saturated carbocycles. The van der Waals surface area contributed by atoms with Crippen molar-refractivity contribution in [3.8, 4) is 0 Å². The maximum absolute atomic E-state index is 11.6. The first-order chi connectivity index (χ1) is 8.17. The van der Waals surface area contributed by atoms with Crippen molar-refractivity contribution >= 4 is 17.2 Å². The number of unbranched alkanes of at least 4 members (excludes halogenated alkanes) is 1. The van der Waals surface area contributed by atoms with Gasteiger partial charge in [0.15, 0.2) is 0 Å². The Morgan fingerprint density at radius 2 is 2.35 bits per heavy atom. The van der Waals surface area contributed by atoms with E-state index >= 15 is 0 Å². The van der Waals surface area contributed by atoms with E-state index in [1.165, 1.54) is 4.88 Å². The van der Waals surface area contributed by atoms with Crippen molar-refractivity contribution in [3.05, 3.63) is 16.1 Å². The minimum Gasteiger partial charge on any atom is -0.347 e. The van der Waals surface area contributed by atoms with Crippen molar-refractivity contribution in [2.45, 2.75) is 45.6 Å². The Balaban J connectivity index is 2.37. The number of carbonyl (C=O) groups excluding carboxylic acids is 1. The molecule has 3 N–H and O–H groups in total. The van der Waals surface area contributed by atoms with Crippen LogP contribution >= 0.6 is 11.3 Å². The molecule has 0 aliphatic rings. The van der Waals surface area contributed by atoms with Gasteiger partial charge in [-0.25, -0.2) is 4.98 Å². The summed E-state index contributed by atoms with van der Waals surface area (Å²) in [6.45, 7) is 4.72. The largest absolute Gasteiger partial charge is 0.347 e. The fourth-order valence-corrected chi connectivity index (χ4v) is 2.35. The van der Waals surface area contributed by atoms with Crippen LogP contribution < -0.4 is 11.1 Å². The first-order valence-corrected chi connectivity index (χ1v) is 6.93. The lowest BCUT2D eigenvalue weighted by Gasteiger charge is -2.10. The van der Waals surface area contributed by atoms with Crippen LogP contribution in [0.25, 0.3) is 0 Å². The number of nitrogens with zero attached hydrogens (tertiary/aromatic N) is 1. The third-order valence-electron chi connectivity index (χ3n) is 2.53. The number of aryl methyl sites for hydroxylation is 1. The third kappa shape index (κ3) is 4.83. The Labute approximate surface area is 107 Å². The molecule has 0 spiro atoms. The molecule has 1 aromatic heterocycles. The van der Waals surface area contributed by atoms with Crippen LogP contribution in [0.15, 0.2) is 6.20 Å². The molecule has 1 heterocycles. The minimum absolute atomic E-state index is 0.00526. The summed E-state index contributed by atoms with van der Waals surface area (Å²) in [7, 11) is 0. The van der Waals surface area contributed by atoms with Gasteiger partial charge in [0.05, 0.1) is 6.04 Å². The van der Waals surface area contributed by atoms with Gasteiger partial charge in [0.1, 0.15) is 5.01 Å². The first kappa shape index (κ1) is 14.1. The predicted molar refractivity (Wildman–Crippen MR) is 71.0 cm³/mol. The van der Waals surface area contributed by atoms with Gasteiger partial charge in [-0.3, -0.25) is 4.79 Å². The third-order valence-corrected chi connectivity index (χ3v) is 3.85. The number of amides is 1. The van der Waals surface area contributed by atoms with Gasteiger partial charge in [0.2, 0.25) is 5.91 Å². The molecule has 1 amide bonds. The lowest BCUT2D eigenvalue weighted by molar-refractivity contribution is -0.121. The Hall–Kier alpha value is -0.940. The molecule has 0 bridgehead atoms. The highest BCUT2D eigenvalue weighted by molar-refractivity contribution is 7.11. The van der Waals surface area contributed by atoms with E-state index in [1.54, 1.807) is 11.3 Å². The summed E-state index contributed by atoms with van der Waals surface area (Å²) in [5.41, 5.74) is 5.39. The van der Waals surface area contributed by atoms with E-state index in [9.17, 15) is 4.79 Å². The van der Waals surface area contributed by atoms with Crippen molar-refractivity contribution < 1.29 is 4.79 Å². The lowest BCUT2D eigenvalue weighted by Crippen LogP contribution is -2.26. The highest BCUT2D eigenvalue weighted by Crippen LogP contribution is 2.20. The molecule has 0 fully saturated rings. The number of nitrogens with two attached hydrogens (primary N) is 1. The topological polar surface area (TPSA) is 68.0 Å². The maximum Gasteiger partial charge on any atom is 0.220 e. The molecule has 1 atom stereocenters. The van der Waals surface area contributed by atoms with Crippen LogP contribution in [0.5, 0.6) is 0 Å². The second-order valence-electron chi connectivity index (χ2n) is 4.05. The average molecular weight is 255 g/mol. The number of hydrogen-bond acceptors (Lipinski definition) is 4. The number of rotatable bonds is 7. The van der Waals surface area contributed by atoms with Crippen LogP contribution in [0.2, 0.25) is 0 Å². The van der Waals surface area contributed by atoms with E-state index in [4.69, 9.17) is 5.73 Å². The molecule has 1 rings (SSSR count). The average Bonchev–Trinajstić information content (AvgIpc) is 2.78. The van der Waals surface area contributed by atoms with Crippen LogP contribution in [0.4, 0.5) is 0 Å². The monoisotopic (exact) mass is 255 g/mol. The van der Waals surface area contributed by atoms with E-state index in [2.05, 4.69) is 17.2 Å². The van der Waals surface area contributed by atoms with Gasteiger partial charge < -0.3 is 11.1 Å². The van der Waals surface area contributed by atoms with E-state index in [0.717, 1.165) is 24.3 Å². The summed E-state index contributed by atoms with van der Waals surface area (Å²) in [6.07, 6.45) is 5.19. The fourth-order valence-electron chi connectivity index (χ4n) is 1.49. The molecule has 0 radical (unpaired) electrons. The maximum atomic E-state index is 11.6. The van der Waals surface area contributed by atoms with E-state index in [0.29, 0.717) is 13.0 Å². The number of thiazole rings is 1. The van der Waals surface area contributed by atoms with Gasteiger partial charge in [-0.05, 0) is 32.7 Å². The van der Waals surface area contributed by atoms with Gasteiger partial charge in [-0.2, -0.15) is 0 Å². The normalized spacial score (nSPS) is 12.4. The molecular formula is C12H21N3OS. The second-order valence-corrected chi connectivity index (χ2v) is 5.20. The van der Waals surface area contributed by atoms with Gasteiger partial charge in [-0.1, -0.05) is 6.92 Å². The van der Waals surface area contributed by atoms with Crippen molar-refractivity contribution in [2.24, 2.45) is 5.73 Å². The SMILES string of the molecule is CCc1cnc(C(C)NC(=O)CCCCN)s1. The molecule has 1 unspecified atom stereocenters. The molecule has 4 nitrogen and oxygen atoms in total. The molecule has 0 saturated heterocycles. The van der Waals surface area contributed by atoms with Crippen molar-refractivity contribution in [2.75, 3.05) is 6.54 Å². The van der Waals surface area contributed by atoms with Gasteiger partial charge in [0.25, 0.3) is 0 Å². The summed E-state index contributed by atoms with van der Waals surface area (Å²) in [4.78, 5) is 17.2. The molecule has 1 aromatic rings. The zero-order valence-corrected chi connectivity index (χ0v) is 11.3. The summed E-state index contributed by atoms with van der Waals surface area (Å²) >= 11 is 1.67. The van der Waals surface area contributed by atoms with Crippen LogP contribution in [0.3, 0.4) is 0 Å². The summed E-state index contributed by atoms with van der Waals surface area (Å²) in [5, 5.41) is 3.94. The van der Waals surface area contributed by atoms with E-state index in [1.807, 2.05) is 13.1 Å². The zero-order chi connectivity index (χ0) is 12.7. The highest BCUT2D eigenvalue weighted by atomic mass is 32.1. The molecule has 0 aliphatic carbocycles. The second kappa shape index (κ2) is 7.40. The number of carbonyl (C=O) groups is 1. The Morgan fingerprint density at radius 3 is 2.94 bits per heavy atom. The van der Waals surface area contributed by atoms with Crippen LogP contribution in [-0.2, 0) is 11.2 Å². The van der Waals surface area contributed by atoms with Gasteiger partial charge in [-0.15, -0.1) is 11.3 Å². The molecular weight excluding hydrogens is 234 g/mol. The smallest absolute Gasteiger partial charge is 0.220 e. The van der Waals surface area contributed by atoms with Crippen LogP contribution in [0.1, 0.15) is 49.0 Å². The molecule has 0 aliphatic heterocycles. The number of aromatic nitrogens is 1. The standard InChI is InChI=1S/C12H21N3OS/c1-3-10-8-14-12(17-10)9(2)15-11(16)6-4-5-7-13/h8-9H,3-7,13H2,1-2H3,(H,15,16). The molecule has 17 heavy (non-hydrogen) atoms. The zero-order valence-electron chi connectivity index (χ0n) is 10.5. The van der Waals surface area contributed by atoms with Crippen LogP contribution in [-0.4, -0.2) is 17.4 Å². The Morgan fingerprint density at radius 1 is 1.59 bits per heavy atom. The number of hydrogen-bond donors (Lipinski definition) is 2. The van der Waals surface area contributed by atoms with Gasteiger partial charge in [0, 0.05) is 17.5 Å². The van der Waals surface area contributed by atoms with Crippen LogP contribution in [0, 0.1) is 0 Å². The summed E-state index contributed by atoms with van der Waals surface area (Å²) in [5.74, 6) is 0.0826. The Bertz CT molecular complexity index is 351. The molecule has 5 heteroatoms.